The first-order valence-electron chi connectivity index (χ1n) is 8.21. The molecule has 1 aliphatic carbocycles. The molecule has 25 heavy (non-hydrogen) atoms. The number of nitrogens with zero attached hydrogens (tertiary/aromatic N) is 2. The van der Waals surface area contributed by atoms with Gasteiger partial charge < -0.3 is 15.1 Å². The zero-order chi connectivity index (χ0) is 18.2. The fourth-order valence-electron chi connectivity index (χ4n) is 3.03. The molecular formula is C17H20F3N3O2. The highest BCUT2D eigenvalue weighted by Gasteiger charge is 2.49. The Balaban J connectivity index is 1.56. The molecule has 0 aromatic heterocycles. The minimum absolute atomic E-state index is 0.0303. The number of carbonyl (C=O) groups is 2. The fraction of sp³-hybridized carbons (Fsp3) is 0.529. The molecule has 3 rings (SSSR count). The number of nitrogens with one attached hydrogen (secondary N) is 1. The Kier molecular flexibility index (Phi) is 4.73. The number of carbonyl (C=O) groups excluding carboxylic acids is 2. The fourth-order valence-corrected chi connectivity index (χ4v) is 3.03. The molecule has 2 amide bonds. The van der Waals surface area contributed by atoms with Crippen LogP contribution in [0.4, 0.5) is 18.9 Å². The summed E-state index contributed by atoms with van der Waals surface area (Å²) in [6.07, 6.45) is -4.00. The van der Waals surface area contributed by atoms with Crippen molar-refractivity contribution in [3.63, 3.8) is 0 Å². The van der Waals surface area contributed by atoms with Crippen molar-refractivity contribution in [1.82, 2.24) is 9.80 Å². The van der Waals surface area contributed by atoms with Gasteiger partial charge in [0.25, 0.3) is 0 Å². The third-order valence-corrected chi connectivity index (χ3v) is 4.72. The molecule has 0 bridgehead atoms. The molecule has 5 nitrogen and oxygen atoms in total. The van der Waals surface area contributed by atoms with Crippen molar-refractivity contribution in [2.75, 3.05) is 38.5 Å². The zero-order valence-corrected chi connectivity index (χ0v) is 13.8. The van der Waals surface area contributed by atoms with Gasteiger partial charge in [-0.3, -0.25) is 9.59 Å². The van der Waals surface area contributed by atoms with Gasteiger partial charge in [-0.15, -0.1) is 0 Å². The molecule has 1 aromatic carbocycles. The molecule has 1 aliphatic heterocycles. The second kappa shape index (κ2) is 6.67. The number of rotatable bonds is 3. The molecule has 2 aliphatic rings. The van der Waals surface area contributed by atoms with Crippen molar-refractivity contribution in [1.29, 1.82) is 0 Å². The maximum atomic E-state index is 12.7. The van der Waals surface area contributed by atoms with Crippen LogP contribution >= 0.6 is 0 Å². The van der Waals surface area contributed by atoms with E-state index < -0.39 is 23.6 Å². The van der Waals surface area contributed by atoms with E-state index in [0.29, 0.717) is 19.5 Å². The standard InChI is InChI=1S/C17H20F3N3O2/c1-22-5-7-23(8-6-22)16(25)14-10-13(14)15(24)21-12-4-2-3-11(9-12)17(18,19)20/h2-4,9,13-14H,5-8,10H2,1H3,(H,21,24). The second-order valence-electron chi connectivity index (χ2n) is 6.65. The van der Waals surface area contributed by atoms with Crippen LogP contribution in [0.1, 0.15) is 12.0 Å². The first kappa shape index (κ1) is 17.7. The van der Waals surface area contributed by atoms with Crippen LogP contribution in [0.3, 0.4) is 0 Å². The van der Waals surface area contributed by atoms with Crippen molar-refractivity contribution < 1.29 is 22.8 Å². The summed E-state index contributed by atoms with van der Waals surface area (Å²) >= 11 is 0. The molecule has 1 heterocycles. The molecule has 1 saturated heterocycles. The summed E-state index contributed by atoms with van der Waals surface area (Å²) in [5.41, 5.74) is -0.719. The predicted octanol–water partition coefficient (Wildman–Crippen LogP) is 2.05. The lowest BCUT2D eigenvalue weighted by atomic mass is 10.2. The van der Waals surface area contributed by atoms with Gasteiger partial charge in [-0.25, -0.2) is 0 Å². The minimum Gasteiger partial charge on any atom is -0.340 e. The van der Waals surface area contributed by atoms with Gasteiger partial charge in [0.05, 0.1) is 17.4 Å². The van der Waals surface area contributed by atoms with E-state index in [-0.39, 0.29) is 17.5 Å². The monoisotopic (exact) mass is 355 g/mol. The molecule has 1 N–H and O–H groups in total. The Morgan fingerprint density at radius 2 is 1.80 bits per heavy atom. The summed E-state index contributed by atoms with van der Waals surface area (Å²) in [5, 5.41) is 2.49. The minimum atomic E-state index is -4.46. The number of likely N-dealkylation sites (N-methyl/N-ethyl adjacent to an activating group) is 1. The molecule has 8 heteroatoms. The number of amides is 2. The van der Waals surface area contributed by atoms with Crippen LogP contribution in [0.5, 0.6) is 0 Å². The Morgan fingerprint density at radius 1 is 1.12 bits per heavy atom. The van der Waals surface area contributed by atoms with Gasteiger partial charge in [-0.05, 0) is 31.7 Å². The first-order chi connectivity index (χ1) is 11.8. The van der Waals surface area contributed by atoms with Gasteiger partial charge in [0, 0.05) is 31.9 Å². The average molecular weight is 355 g/mol. The van der Waals surface area contributed by atoms with Gasteiger partial charge in [-0.2, -0.15) is 13.2 Å². The van der Waals surface area contributed by atoms with Gasteiger partial charge in [0.2, 0.25) is 11.8 Å². The molecule has 0 radical (unpaired) electrons. The molecule has 2 fully saturated rings. The molecule has 136 valence electrons. The smallest absolute Gasteiger partial charge is 0.340 e. The van der Waals surface area contributed by atoms with Gasteiger partial charge in [-0.1, -0.05) is 6.07 Å². The summed E-state index contributed by atoms with van der Waals surface area (Å²) in [6.45, 7) is 2.90. The number of piperazine rings is 1. The summed E-state index contributed by atoms with van der Waals surface area (Å²) in [6, 6.07) is 4.51. The summed E-state index contributed by atoms with van der Waals surface area (Å²) < 4.78 is 38.1. The van der Waals surface area contributed by atoms with Crippen molar-refractivity contribution >= 4 is 17.5 Å². The number of alkyl halides is 3. The first-order valence-corrected chi connectivity index (χ1v) is 8.21. The lowest BCUT2D eigenvalue weighted by Crippen LogP contribution is -2.48. The number of halogens is 3. The Bertz CT molecular complexity index is 669. The van der Waals surface area contributed by atoms with E-state index in [9.17, 15) is 22.8 Å². The normalized spacial score (nSPS) is 24.1. The molecular weight excluding hydrogens is 335 g/mol. The highest BCUT2D eigenvalue weighted by atomic mass is 19.4. The van der Waals surface area contributed by atoms with Crippen LogP contribution in [-0.2, 0) is 15.8 Å². The molecule has 1 saturated carbocycles. The van der Waals surface area contributed by atoms with Crippen LogP contribution in [0, 0.1) is 11.8 Å². The van der Waals surface area contributed by atoms with E-state index in [0.717, 1.165) is 25.2 Å². The lowest BCUT2D eigenvalue weighted by molar-refractivity contribution is -0.137. The van der Waals surface area contributed by atoms with Gasteiger partial charge in [0.15, 0.2) is 0 Å². The largest absolute Gasteiger partial charge is 0.416 e. The second-order valence-corrected chi connectivity index (χ2v) is 6.65. The average Bonchev–Trinajstić information content (AvgIpc) is 3.35. The maximum absolute atomic E-state index is 12.7. The number of benzene rings is 1. The van der Waals surface area contributed by atoms with Crippen molar-refractivity contribution in [3.8, 4) is 0 Å². The number of hydrogen-bond acceptors (Lipinski definition) is 3. The Morgan fingerprint density at radius 3 is 2.44 bits per heavy atom. The third kappa shape index (κ3) is 4.12. The van der Waals surface area contributed by atoms with E-state index in [1.54, 1.807) is 4.90 Å². The predicted molar refractivity (Wildman–Crippen MR) is 85.7 cm³/mol. The van der Waals surface area contributed by atoms with Crippen LogP contribution in [0.2, 0.25) is 0 Å². The molecule has 2 unspecified atom stereocenters. The number of hydrogen-bond donors (Lipinski definition) is 1. The zero-order valence-electron chi connectivity index (χ0n) is 13.8. The van der Waals surface area contributed by atoms with E-state index in [2.05, 4.69) is 10.2 Å². The maximum Gasteiger partial charge on any atom is 0.416 e. The summed E-state index contributed by atoms with van der Waals surface area (Å²) in [4.78, 5) is 28.5. The number of anilines is 1. The van der Waals surface area contributed by atoms with Crippen molar-refractivity contribution in [3.05, 3.63) is 29.8 Å². The molecule has 2 atom stereocenters. The van der Waals surface area contributed by atoms with Crippen LogP contribution in [-0.4, -0.2) is 54.8 Å². The summed E-state index contributed by atoms with van der Waals surface area (Å²) in [5.74, 6) is -1.24. The van der Waals surface area contributed by atoms with Gasteiger partial charge in [0.1, 0.15) is 0 Å². The van der Waals surface area contributed by atoms with E-state index in [1.807, 2.05) is 7.05 Å². The van der Waals surface area contributed by atoms with Gasteiger partial charge >= 0.3 is 6.18 Å². The highest BCUT2D eigenvalue weighted by molar-refractivity contribution is 5.99. The highest BCUT2D eigenvalue weighted by Crippen LogP contribution is 2.41. The Hall–Kier alpha value is -2.09. The van der Waals surface area contributed by atoms with Crippen LogP contribution < -0.4 is 5.32 Å². The van der Waals surface area contributed by atoms with Crippen LogP contribution in [0.25, 0.3) is 0 Å². The SMILES string of the molecule is CN1CCN(C(=O)C2CC2C(=O)Nc2cccc(C(F)(F)F)c2)CC1. The molecule has 1 aromatic rings. The van der Waals surface area contributed by atoms with E-state index in [1.165, 1.54) is 12.1 Å². The Labute approximate surface area is 143 Å². The van der Waals surface area contributed by atoms with Crippen molar-refractivity contribution in [2.24, 2.45) is 11.8 Å². The van der Waals surface area contributed by atoms with E-state index in [4.69, 9.17) is 0 Å². The topological polar surface area (TPSA) is 52.7 Å². The lowest BCUT2D eigenvalue weighted by Gasteiger charge is -2.32. The van der Waals surface area contributed by atoms with E-state index >= 15 is 0 Å². The third-order valence-electron chi connectivity index (χ3n) is 4.72. The van der Waals surface area contributed by atoms with Crippen molar-refractivity contribution in [2.45, 2.75) is 12.6 Å². The quantitative estimate of drug-likeness (QED) is 0.903. The molecule has 0 spiro atoms. The van der Waals surface area contributed by atoms with Crippen LogP contribution in [0.15, 0.2) is 24.3 Å². The summed E-state index contributed by atoms with van der Waals surface area (Å²) in [7, 11) is 1.99.